The van der Waals surface area contributed by atoms with E-state index in [0.717, 1.165) is 11.1 Å². The summed E-state index contributed by atoms with van der Waals surface area (Å²) in [6, 6.07) is 13.9. The highest BCUT2D eigenvalue weighted by Gasteiger charge is 2.35. The van der Waals surface area contributed by atoms with Gasteiger partial charge in [0.05, 0.1) is 18.1 Å². The number of fused-ring (bicyclic) bond motifs is 3. The van der Waals surface area contributed by atoms with Crippen molar-refractivity contribution >= 4 is 35.1 Å². The highest BCUT2D eigenvalue weighted by Crippen LogP contribution is 2.21. The molecular weight excluding hydrogens is 550 g/mol. The second-order valence-corrected chi connectivity index (χ2v) is 11.3. The van der Waals surface area contributed by atoms with E-state index >= 15 is 0 Å². The van der Waals surface area contributed by atoms with E-state index in [1.54, 1.807) is 17.6 Å². The van der Waals surface area contributed by atoms with Crippen LogP contribution in [0.3, 0.4) is 0 Å². The van der Waals surface area contributed by atoms with Gasteiger partial charge in [-0.1, -0.05) is 61.4 Å². The molecule has 1 fully saturated rings. The molecule has 1 unspecified atom stereocenters. The summed E-state index contributed by atoms with van der Waals surface area (Å²) >= 11 is 0. The predicted octanol–water partition coefficient (Wildman–Crippen LogP) is 2.32. The number of carbonyl (C=O) groups is 5. The largest absolute Gasteiger partial charge is 0.346 e. The second-order valence-electron chi connectivity index (χ2n) is 11.3. The van der Waals surface area contributed by atoms with Crippen LogP contribution in [0.25, 0.3) is 0 Å². The van der Waals surface area contributed by atoms with Gasteiger partial charge in [-0.2, -0.15) is 0 Å². The Hall–Kier alpha value is -4.09. The van der Waals surface area contributed by atoms with Crippen LogP contribution in [0.4, 0.5) is 5.69 Å². The molecule has 11 nitrogen and oxygen atoms in total. The van der Waals surface area contributed by atoms with Crippen LogP contribution in [0, 0.1) is 0 Å². The van der Waals surface area contributed by atoms with Crippen molar-refractivity contribution in [3.05, 3.63) is 65.7 Å². The number of aryl methyl sites for hydroxylation is 1. The third-order valence-corrected chi connectivity index (χ3v) is 8.06. The summed E-state index contributed by atoms with van der Waals surface area (Å²) < 4.78 is 0. The maximum Gasteiger partial charge on any atom is 0.246 e. The maximum atomic E-state index is 13.8. The Bertz CT molecular complexity index is 1290. The van der Waals surface area contributed by atoms with Gasteiger partial charge >= 0.3 is 0 Å². The summed E-state index contributed by atoms with van der Waals surface area (Å²) in [4.78, 5) is 65.1. The molecule has 2 aromatic carbocycles. The van der Waals surface area contributed by atoms with E-state index in [0.29, 0.717) is 63.5 Å². The van der Waals surface area contributed by atoms with E-state index in [-0.39, 0.29) is 36.3 Å². The van der Waals surface area contributed by atoms with E-state index in [1.807, 2.05) is 42.5 Å². The fourth-order valence-corrected chi connectivity index (χ4v) is 5.68. The number of hydrogen-bond acceptors (Lipinski definition) is 7. The van der Waals surface area contributed by atoms with Gasteiger partial charge in [0.2, 0.25) is 23.6 Å². The summed E-state index contributed by atoms with van der Waals surface area (Å²) in [6.45, 7) is 0. The number of unbranched alkanes of at least 4 members (excludes halogenated alkanes) is 2. The number of nitrogens with one attached hydrogen (secondary N) is 5. The van der Waals surface area contributed by atoms with Gasteiger partial charge in [0, 0.05) is 18.5 Å². The first-order chi connectivity index (χ1) is 20.8. The summed E-state index contributed by atoms with van der Waals surface area (Å²) in [7, 11) is 0. The molecule has 0 radical (unpaired) electrons. The van der Waals surface area contributed by atoms with Crippen LogP contribution in [0.2, 0.25) is 0 Å². The fourth-order valence-electron chi connectivity index (χ4n) is 5.68. The first kappa shape index (κ1) is 31.8. The molecule has 4 atom stereocenters. The maximum absolute atomic E-state index is 13.8. The lowest BCUT2D eigenvalue weighted by Crippen LogP contribution is -2.59. The van der Waals surface area contributed by atoms with E-state index in [9.17, 15) is 24.0 Å². The van der Waals surface area contributed by atoms with E-state index in [4.69, 9.17) is 5.21 Å². The number of ketones is 1. The first-order valence-electron chi connectivity index (χ1n) is 15.1. The van der Waals surface area contributed by atoms with Gasteiger partial charge < -0.3 is 16.0 Å². The number of Topliss-reactive ketones (excluding diaryl/α,β-unsaturated/α-hetero) is 1. The van der Waals surface area contributed by atoms with E-state index < -0.39 is 30.1 Å². The molecule has 4 amide bonds. The molecule has 1 saturated heterocycles. The molecule has 2 aromatic rings. The predicted molar refractivity (Wildman–Crippen MR) is 160 cm³/mol. The average molecular weight is 592 g/mol. The molecule has 2 bridgehead atoms. The quantitative estimate of drug-likeness (QED) is 0.156. The van der Waals surface area contributed by atoms with Gasteiger partial charge in [-0.05, 0) is 62.1 Å². The number of amides is 4. The lowest BCUT2D eigenvalue weighted by molar-refractivity contribution is -0.131. The van der Waals surface area contributed by atoms with Gasteiger partial charge in [-0.3, -0.25) is 34.5 Å². The van der Waals surface area contributed by atoms with Gasteiger partial charge in [0.25, 0.3) is 0 Å². The van der Waals surface area contributed by atoms with Crippen molar-refractivity contribution in [1.82, 2.24) is 21.4 Å². The topological polar surface area (TPSA) is 166 Å². The zero-order chi connectivity index (χ0) is 30.6. The zero-order valence-electron chi connectivity index (χ0n) is 24.3. The molecule has 43 heavy (non-hydrogen) atoms. The van der Waals surface area contributed by atoms with Gasteiger partial charge in [-0.25, -0.2) is 5.48 Å². The first-order valence-corrected chi connectivity index (χ1v) is 15.1. The molecule has 2 aliphatic rings. The van der Waals surface area contributed by atoms with Crippen molar-refractivity contribution in [2.45, 2.75) is 94.8 Å². The number of anilines is 1. The van der Waals surface area contributed by atoms with Crippen molar-refractivity contribution in [3.8, 4) is 0 Å². The van der Waals surface area contributed by atoms with Gasteiger partial charge in [0.15, 0.2) is 5.78 Å². The lowest BCUT2D eigenvalue weighted by Gasteiger charge is -2.33. The number of hydrogen-bond donors (Lipinski definition) is 6. The van der Waals surface area contributed by atoms with Crippen LogP contribution >= 0.6 is 0 Å². The molecule has 0 spiro atoms. The molecule has 2 aliphatic heterocycles. The minimum atomic E-state index is -0.841. The van der Waals surface area contributed by atoms with E-state index in [1.165, 1.54) is 0 Å². The third kappa shape index (κ3) is 9.45. The smallest absolute Gasteiger partial charge is 0.246 e. The van der Waals surface area contributed by atoms with Crippen molar-refractivity contribution in [1.29, 1.82) is 0 Å². The van der Waals surface area contributed by atoms with Crippen molar-refractivity contribution in [2.75, 3.05) is 5.32 Å². The number of para-hydroxylation sites is 1. The Morgan fingerprint density at radius 2 is 1.56 bits per heavy atom. The van der Waals surface area contributed by atoms with Crippen LogP contribution in [-0.2, 0) is 36.8 Å². The van der Waals surface area contributed by atoms with E-state index in [2.05, 4.69) is 21.3 Å². The highest BCUT2D eigenvalue weighted by atomic mass is 16.5. The normalized spacial score (nSPS) is 23.4. The SMILES string of the molecule is O=C(CCCCC[C@@H]1NC(=O)[C@H]2CCCC(N2)C(=O)[C@H](Cc2ccccc2)NC(=O)CCc2ccccc2NC1=O)NO. The molecule has 6 N–H and O–H groups in total. The standard InChI is InChI=1S/C32H41N5O6/c38-28-19-18-22-12-7-8-13-23(22)35-32(42)26(14-5-2-6-17-29(39)37-43)36-31(41)25-16-9-15-24(33-25)30(40)27(34-28)20-21-10-3-1-4-11-21/h1,3-4,7-8,10-13,24-27,33,43H,2,5-6,9,14-20H2,(H,34,38)(H,35,42)(H,36,41)(H,37,39)/t24?,25-,26+,27+/m1/s1. The molecule has 0 saturated carbocycles. The van der Waals surface area contributed by atoms with Crippen LogP contribution in [0.1, 0.15) is 68.9 Å². The van der Waals surface area contributed by atoms with Crippen LogP contribution in [-0.4, -0.2) is 58.8 Å². The lowest BCUT2D eigenvalue weighted by atomic mass is 9.90. The Balaban J connectivity index is 1.56. The van der Waals surface area contributed by atoms with Gasteiger partial charge in [-0.15, -0.1) is 0 Å². The Kier molecular flexibility index (Phi) is 11.8. The number of rotatable bonds is 8. The van der Waals surface area contributed by atoms with Crippen molar-refractivity contribution < 1.29 is 29.2 Å². The van der Waals surface area contributed by atoms with Crippen molar-refractivity contribution in [2.24, 2.45) is 0 Å². The molecular formula is C32H41N5O6. The number of carbonyl (C=O) groups excluding carboxylic acids is 5. The number of piperidine rings is 1. The van der Waals surface area contributed by atoms with Gasteiger partial charge in [0.1, 0.15) is 6.04 Å². The zero-order valence-corrected chi connectivity index (χ0v) is 24.3. The second kappa shape index (κ2) is 15.9. The number of benzene rings is 2. The van der Waals surface area contributed by atoms with Crippen LogP contribution in [0.5, 0.6) is 0 Å². The minimum Gasteiger partial charge on any atom is -0.346 e. The summed E-state index contributed by atoms with van der Waals surface area (Å²) in [5, 5.41) is 20.7. The Morgan fingerprint density at radius 1 is 0.814 bits per heavy atom. The fraction of sp³-hybridized carbons (Fsp3) is 0.469. The monoisotopic (exact) mass is 591 g/mol. The molecule has 230 valence electrons. The Morgan fingerprint density at radius 3 is 2.35 bits per heavy atom. The Labute approximate surface area is 251 Å². The molecule has 0 aliphatic carbocycles. The van der Waals surface area contributed by atoms with Crippen LogP contribution < -0.4 is 26.7 Å². The number of hydroxylamine groups is 1. The highest BCUT2D eigenvalue weighted by molar-refractivity contribution is 5.99. The minimum absolute atomic E-state index is 0.133. The molecule has 2 heterocycles. The summed E-state index contributed by atoms with van der Waals surface area (Å²) in [5.41, 5.74) is 3.85. The van der Waals surface area contributed by atoms with Crippen LogP contribution in [0.15, 0.2) is 54.6 Å². The summed E-state index contributed by atoms with van der Waals surface area (Å²) in [6.07, 6.45) is 4.75. The third-order valence-electron chi connectivity index (χ3n) is 8.06. The molecule has 0 aromatic heterocycles. The molecule has 11 heteroatoms. The molecule has 4 rings (SSSR count). The van der Waals surface area contributed by atoms with Crippen molar-refractivity contribution in [3.63, 3.8) is 0 Å². The summed E-state index contributed by atoms with van der Waals surface area (Å²) in [5.74, 6) is -1.64. The average Bonchev–Trinajstić information content (AvgIpc) is 3.02.